The Hall–Kier alpha value is -1.56. The van der Waals surface area contributed by atoms with Gasteiger partial charge in [0.15, 0.2) is 0 Å². The highest BCUT2D eigenvalue weighted by Crippen LogP contribution is 2.17. The van der Waals surface area contributed by atoms with Gasteiger partial charge in [-0.2, -0.15) is 0 Å². The van der Waals surface area contributed by atoms with Gasteiger partial charge in [0.25, 0.3) is 0 Å². The molecule has 0 aromatic heterocycles. The first-order valence-corrected chi connectivity index (χ1v) is 8.51. The van der Waals surface area contributed by atoms with Gasteiger partial charge >= 0.3 is 12.1 Å². The molecule has 0 bridgehead atoms. The molecule has 0 saturated heterocycles. The largest absolute Gasteiger partial charge is 0.464 e. The van der Waals surface area contributed by atoms with Crippen molar-refractivity contribution >= 4 is 12.1 Å². The van der Waals surface area contributed by atoms with Crippen LogP contribution in [0.15, 0.2) is 12.7 Å². The molecule has 0 aromatic carbocycles. The Labute approximate surface area is 145 Å². The Morgan fingerprint density at radius 1 is 1.25 bits per heavy atom. The third-order valence-corrected chi connectivity index (χ3v) is 3.30. The Morgan fingerprint density at radius 2 is 1.92 bits per heavy atom. The van der Waals surface area contributed by atoms with Gasteiger partial charge in [-0.15, -0.1) is 6.58 Å². The number of alkyl carbamates (subject to hydrolysis) is 1. The monoisotopic (exact) mass is 343 g/mol. The van der Waals surface area contributed by atoms with Crippen LogP contribution in [-0.2, 0) is 19.0 Å². The van der Waals surface area contributed by atoms with E-state index >= 15 is 0 Å². The quantitative estimate of drug-likeness (QED) is 0.353. The number of hydrogen-bond acceptors (Lipinski definition) is 5. The van der Waals surface area contributed by atoms with Gasteiger partial charge in [0.2, 0.25) is 0 Å². The molecule has 0 saturated carbocycles. The van der Waals surface area contributed by atoms with E-state index in [9.17, 15) is 9.59 Å². The summed E-state index contributed by atoms with van der Waals surface area (Å²) in [6.45, 7) is 11.4. The standard InChI is InChI=1S/C18H33NO5/c1-7-9-10-11-12-14(13-22-6)15(16(20)23-8-2)19-17(21)24-18(3,4)5/h7,14-15H,1,8-13H2,2-6H3,(H,19,21). The maximum absolute atomic E-state index is 12.3. The first-order chi connectivity index (χ1) is 11.2. The van der Waals surface area contributed by atoms with Crippen molar-refractivity contribution in [3.8, 4) is 0 Å². The molecule has 6 nitrogen and oxygen atoms in total. The second kappa shape index (κ2) is 11.9. The smallest absolute Gasteiger partial charge is 0.408 e. The highest BCUT2D eigenvalue weighted by Gasteiger charge is 2.32. The number of methoxy groups -OCH3 is 1. The lowest BCUT2D eigenvalue weighted by molar-refractivity contribution is -0.148. The van der Waals surface area contributed by atoms with Crippen molar-refractivity contribution in [3.05, 3.63) is 12.7 Å². The van der Waals surface area contributed by atoms with E-state index in [1.54, 1.807) is 34.8 Å². The lowest BCUT2D eigenvalue weighted by Gasteiger charge is -2.27. The van der Waals surface area contributed by atoms with E-state index in [1.165, 1.54) is 0 Å². The van der Waals surface area contributed by atoms with E-state index in [2.05, 4.69) is 11.9 Å². The molecule has 140 valence electrons. The molecular formula is C18H33NO5. The van der Waals surface area contributed by atoms with Crippen molar-refractivity contribution in [2.75, 3.05) is 20.3 Å². The first-order valence-electron chi connectivity index (χ1n) is 8.51. The summed E-state index contributed by atoms with van der Waals surface area (Å²) < 4.78 is 15.6. The summed E-state index contributed by atoms with van der Waals surface area (Å²) in [6.07, 6.45) is 4.78. The second-order valence-corrected chi connectivity index (χ2v) is 6.66. The molecule has 0 rings (SSSR count). The van der Waals surface area contributed by atoms with Crippen molar-refractivity contribution in [1.82, 2.24) is 5.32 Å². The Balaban J connectivity index is 4.98. The topological polar surface area (TPSA) is 73.9 Å². The normalized spacial score (nSPS) is 13.7. The number of nitrogens with one attached hydrogen (secondary N) is 1. The number of amides is 1. The zero-order chi connectivity index (χ0) is 18.6. The second-order valence-electron chi connectivity index (χ2n) is 6.66. The maximum atomic E-state index is 12.3. The summed E-state index contributed by atoms with van der Waals surface area (Å²) in [4.78, 5) is 24.4. The third-order valence-electron chi connectivity index (χ3n) is 3.30. The molecule has 0 radical (unpaired) electrons. The van der Waals surface area contributed by atoms with Crippen LogP contribution in [0.25, 0.3) is 0 Å². The Kier molecular flexibility index (Phi) is 11.1. The van der Waals surface area contributed by atoms with Crippen LogP contribution in [0, 0.1) is 5.92 Å². The Morgan fingerprint density at radius 3 is 2.42 bits per heavy atom. The number of carbonyl (C=O) groups excluding carboxylic acids is 2. The molecular weight excluding hydrogens is 310 g/mol. The van der Waals surface area contributed by atoms with Crippen LogP contribution >= 0.6 is 0 Å². The van der Waals surface area contributed by atoms with Crippen LogP contribution in [0.5, 0.6) is 0 Å². The minimum absolute atomic E-state index is 0.175. The molecule has 24 heavy (non-hydrogen) atoms. The van der Waals surface area contributed by atoms with E-state index in [4.69, 9.17) is 14.2 Å². The highest BCUT2D eigenvalue weighted by molar-refractivity contribution is 5.81. The zero-order valence-electron chi connectivity index (χ0n) is 15.7. The van der Waals surface area contributed by atoms with Crippen LogP contribution < -0.4 is 5.32 Å². The lowest BCUT2D eigenvalue weighted by Crippen LogP contribution is -2.49. The fourth-order valence-electron chi connectivity index (χ4n) is 2.29. The van der Waals surface area contributed by atoms with E-state index < -0.39 is 23.7 Å². The minimum atomic E-state index is -0.788. The average molecular weight is 343 g/mol. The predicted octanol–water partition coefficient (Wildman–Crippen LogP) is 3.45. The van der Waals surface area contributed by atoms with Crippen LogP contribution in [0.2, 0.25) is 0 Å². The number of ether oxygens (including phenoxy) is 3. The number of allylic oxidation sites excluding steroid dienone is 1. The molecule has 0 heterocycles. The molecule has 2 unspecified atom stereocenters. The van der Waals surface area contributed by atoms with E-state index in [-0.39, 0.29) is 12.5 Å². The zero-order valence-corrected chi connectivity index (χ0v) is 15.7. The minimum Gasteiger partial charge on any atom is -0.464 e. The van der Waals surface area contributed by atoms with Crippen molar-refractivity contribution in [2.45, 2.75) is 65.0 Å². The van der Waals surface area contributed by atoms with E-state index in [0.29, 0.717) is 6.61 Å². The molecule has 0 aromatic rings. The predicted molar refractivity (Wildman–Crippen MR) is 93.8 cm³/mol. The number of esters is 1. The van der Waals surface area contributed by atoms with Crippen molar-refractivity contribution in [1.29, 1.82) is 0 Å². The highest BCUT2D eigenvalue weighted by atomic mass is 16.6. The van der Waals surface area contributed by atoms with Gasteiger partial charge in [0, 0.05) is 13.0 Å². The molecule has 0 aliphatic carbocycles. The number of hydrogen-bond donors (Lipinski definition) is 1. The summed E-state index contributed by atoms with van der Waals surface area (Å²) in [5.41, 5.74) is -0.635. The third kappa shape index (κ3) is 10.3. The first kappa shape index (κ1) is 22.4. The molecule has 0 aliphatic rings. The van der Waals surface area contributed by atoms with Gasteiger partial charge in [-0.1, -0.05) is 12.5 Å². The summed E-state index contributed by atoms with van der Waals surface area (Å²) in [7, 11) is 1.58. The number of unbranched alkanes of at least 4 members (excludes halogenated alkanes) is 2. The lowest BCUT2D eigenvalue weighted by atomic mass is 9.94. The van der Waals surface area contributed by atoms with Crippen molar-refractivity contribution < 1.29 is 23.8 Å². The van der Waals surface area contributed by atoms with Crippen LogP contribution in [0.3, 0.4) is 0 Å². The van der Waals surface area contributed by atoms with Crippen molar-refractivity contribution in [3.63, 3.8) is 0 Å². The average Bonchev–Trinajstić information content (AvgIpc) is 2.46. The van der Waals surface area contributed by atoms with Gasteiger partial charge in [0.05, 0.1) is 13.2 Å². The molecule has 6 heteroatoms. The Bertz CT molecular complexity index is 389. The van der Waals surface area contributed by atoms with Crippen LogP contribution in [0.4, 0.5) is 4.79 Å². The molecule has 0 fully saturated rings. The molecule has 0 aliphatic heterocycles. The summed E-state index contributed by atoms with van der Waals surface area (Å²) in [5.74, 6) is -0.638. The van der Waals surface area contributed by atoms with Gasteiger partial charge in [-0.05, 0) is 47.0 Å². The van der Waals surface area contributed by atoms with E-state index in [0.717, 1.165) is 25.7 Å². The molecule has 0 spiro atoms. The van der Waals surface area contributed by atoms with Crippen LogP contribution in [0.1, 0.15) is 53.4 Å². The maximum Gasteiger partial charge on any atom is 0.408 e. The van der Waals surface area contributed by atoms with Gasteiger partial charge in [-0.25, -0.2) is 9.59 Å². The number of rotatable bonds is 11. The van der Waals surface area contributed by atoms with Crippen molar-refractivity contribution in [2.24, 2.45) is 5.92 Å². The van der Waals surface area contributed by atoms with Gasteiger partial charge in [-0.3, -0.25) is 0 Å². The summed E-state index contributed by atoms with van der Waals surface area (Å²) in [6, 6.07) is -0.788. The van der Waals surface area contributed by atoms with Crippen LogP contribution in [-0.4, -0.2) is 44.0 Å². The fourth-order valence-corrected chi connectivity index (χ4v) is 2.29. The molecule has 1 N–H and O–H groups in total. The fraction of sp³-hybridized carbons (Fsp3) is 0.778. The molecule has 2 atom stereocenters. The van der Waals surface area contributed by atoms with Gasteiger partial charge < -0.3 is 19.5 Å². The summed E-state index contributed by atoms with van der Waals surface area (Å²) >= 11 is 0. The van der Waals surface area contributed by atoms with E-state index in [1.807, 2.05) is 6.08 Å². The number of carbonyl (C=O) groups is 2. The van der Waals surface area contributed by atoms with Gasteiger partial charge in [0.1, 0.15) is 11.6 Å². The SMILES string of the molecule is C=CCCCCC(COC)C(NC(=O)OC(C)(C)C)C(=O)OCC. The molecule has 1 amide bonds. The summed E-state index contributed by atoms with van der Waals surface area (Å²) in [5, 5.41) is 2.65.